The quantitative estimate of drug-likeness (QED) is 0.512. The van der Waals surface area contributed by atoms with Crippen LogP contribution in [0.3, 0.4) is 0 Å². The molecule has 1 aromatic rings. The van der Waals surface area contributed by atoms with E-state index in [0.717, 1.165) is 0 Å². The third kappa shape index (κ3) is 4.17. The minimum atomic E-state index is -1.53. The number of aliphatic hydroxyl groups is 2. The second-order valence-corrected chi connectivity index (χ2v) is 3.96. The van der Waals surface area contributed by atoms with Crippen LogP contribution in [0, 0.1) is 11.3 Å². The molecule has 0 bridgehead atoms. The lowest BCUT2D eigenvalue weighted by Gasteiger charge is -2.12. The zero-order valence-electron chi connectivity index (χ0n) is 9.98. The topological polar surface area (TPSA) is 119 Å². The molecular formula is C13H13NO5. The van der Waals surface area contributed by atoms with E-state index in [2.05, 4.69) is 0 Å². The van der Waals surface area contributed by atoms with Gasteiger partial charge in [-0.05, 0) is 5.56 Å². The molecule has 2 atom stereocenters. The van der Waals surface area contributed by atoms with Gasteiger partial charge in [0.2, 0.25) is 0 Å². The summed E-state index contributed by atoms with van der Waals surface area (Å²) in [4.78, 5) is 21.9. The van der Waals surface area contributed by atoms with Crippen molar-refractivity contribution in [2.45, 2.75) is 25.0 Å². The monoisotopic (exact) mass is 263 g/mol. The molecule has 19 heavy (non-hydrogen) atoms. The highest BCUT2D eigenvalue weighted by Gasteiger charge is 2.18. The van der Waals surface area contributed by atoms with Gasteiger partial charge in [-0.1, -0.05) is 24.3 Å². The highest BCUT2D eigenvalue weighted by atomic mass is 16.4. The van der Waals surface area contributed by atoms with Crippen molar-refractivity contribution in [3.8, 4) is 6.07 Å². The number of nitrogens with zero attached hydrogens (tertiary/aromatic N) is 1. The van der Waals surface area contributed by atoms with Crippen molar-refractivity contribution in [1.29, 1.82) is 5.26 Å². The van der Waals surface area contributed by atoms with Gasteiger partial charge >= 0.3 is 5.97 Å². The van der Waals surface area contributed by atoms with Gasteiger partial charge in [0.1, 0.15) is 6.10 Å². The van der Waals surface area contributed by atoms with Crippen molar-refractivity contribution in [3.05, 3.63) is 35.4 Å². The Morgan fingerprint density at radius 3 is 2.21 bits per heavy atom. The summed E-state index contributed by atoms with van der Waals surface area (Å²) in [5, 5.41) is 35.7. The Balaban J connectivity index is 2.74. The molecule has 0 aromatic heterocycles. The minimum Gasteiger partial charge on any atom is -0.481 e. The largest absolute Gasteiger partial charge is 0.481 e. The number of hydrogen-bond donors (Lipinski definition) is 3. The molecule has 3 N–H and O–H groups in total. The van der Waals surface area contributed by atoms with Gasteiger partial charge in [-0.25, -0.2) is 0 Å². The summed E-state index contributed by atoms with van der Waals surface area (Å²) < 4.78 is 0. The van der Waals surface area contributed by atoms with Crippen molar-refractivity contribution in [2.75, 3.05) is 0 Å². The van der Waals surface area contributed by atoms with E-state index in [1.165, 1.54) is 30.3 Å². The van der Waals surface area contributed by atoms with Crippen molar-refractivity contribution < 1.29 is 24.9 Å². The van der Waals surface area contributed by atoms with E-state index in [0.29, 0.717) is 11.1 Å². The number of aliphatic hydroxyl groups excluding tert-OH is 2. The van der Waals surface area contributed by atoms with E-state index in [1.807, 2.05) is 0 Å². The van der Waals surface area contributed by atoms with E-state index in [-0.39, 0.29) is 18.6 Å². The molecule has 1 aromatic carbocycles. The number of Topliss-reactive ketones (excluding diaryl/α,β-unsaturated/α-hetero) is 1. The molecule has 0 saturated heterocycles. The number of ketones is 1. The van der Waals surface area contributed by atoms with Gasteiger partial charge < -0.3 is 15.3 Å². The van der Waals surface area contributed by atoms with Gasteiger partial charge in [-0.3, -0.25) is 9.59 Å². The average molecular weight is 263 g/mol. The maximum Gasteiger partial charge on any atom is 0.303 e. The Kier molecular flexibility index (Phi) is 5.18. The van der Waals surface area contributed by atoms with E-state index < -0.39 is 18.2 Å². The number of carbonyl (C=O) groups excluding carboxylic acids is 1. The summed E-state index contributed by atoms with van der Waals surface area (Å²) in [6.07, 6.45) is -3.21. The molecule has 6 heteroatoms. The molecule has 0 aliphatic heterocycles. The van der Waals surface area contributed by atoms with Crippen molar-refractivity contribution in [2.24, 2.45) is 0 Å². The van der Waals surface area contributed by atoms with Crippen LogP contribution >= 0.6 is 0 Å². The number of rotatable bonds is 6. The van der Waals surface area contributed by atoms with Crippen molar-refractivity contribution >= 4 is 11.8 Å². The number of hydrogen-bond acceptors (Lipinski definition) is 5. The summed E-state index contributed by atoms with van der Waals surface area (Å²) in [6.45, 7) is 0. The zero-order chi connectivity index (χ0) is 14.4. The molecule has 0 aliphatic rings. The molecule has 1 rings (SSSR count). The first-order valence-corrected chi connectivity index (χ1v) is 5.56. The maximum absolute atomic E-state index is 11.6. The van der Waals surface area contributed by atoms with Crippen LogP contribution in [0.4, 0.5) is 0 Å². The lowest BCUT2D eigenvalue weighted by molar-refractivity contribution is -0.136. The predicted octanol–water partition coefficient (Wildman–Crippen LogP) is 0.652. The lowest BCUT2D eigenvalue weighted by atomic mass is 10.0. The fourth-order valence-electron chi connectivity index (χ4n) is 1.48. The minimum absolute atomic E-state index is 0.0992. The first-order valence-electron chi connectivity index (χ1n) is 5.56. The highest BCUT2D eigenvalue weighted by Crippen LogP contribution is 2.18. The predicted molar refractivity (Wildman–Crippen MR) is 64.2 cm³/mol. The fourth-order valence-corrected chi connectivity index (χ4v) is 1.48. The Morgan fingerprint density at radius 1 is 1.16 bits per heavy atom. The van der Waals surface area contributed by atoms with E-state index in [9.17, 15) is 14.7 Å². The van der Waals surface area contributed by atoms with Crippen molar-refractivity contribution in [3.63, 3.8) is 0 Å². The molecule has 0 amide bonds. The molecule has 0 heterocycles. The number of aliphatic carboxylic acids is 1. The third-order valence-electron chi connectivity index (χ3n) is 2.57. The van der Waals surface area contributed by atoms with Crippen molar-refractivity contribution in [1.82, 2.24) is 0 Å². The van der Waals surface area contributed by atoms with Crippen LogP contribution in [0.5, 0.6) is 0 Å². The SMILES string of the molecule is N#CC(O)C(O)c1ccc(C(=O)CCC(=O)O)cc1. The van der Waals surface area contributed by atoms with E-state index in [4.69, 9.17) is 15.5 Å². The van der Waals surface area contributed by atoms with Crippen LogP contribution in [-0.2, 0) is 4.79 Å². The number of nitriles is 1. The second-order valence-electron chi connectivity index (χ2n) is 3.96. The first-order chi connectivity index (χ1) is 8.95. The molecule has 0 fully saturated rings. The Morgan fingerprint density at radius 2 is 1.74 bits per heavy atom. The molecule has 6 nitrogen and oxygen atoms in total. The van der Waals surface area contributed by atoms with Gasteiger partial charge in [-0.15, -0.1) is 0 Å². The van der Waals surface area contributed by atoms with E-state index >= 15 is 0 Å². The van der Waals surface area contributed by atoms with Gasteiger partial charge in [0, 0.05) is 12.0 Å². The normalized spacial score (nSPS) is 13.3. The Hall–Kier alpha value is -2.23. The molecule has 0 spiro atoms. The average Bonchev–Trinajstić information content (AvgIpc) is 2.43. The molecular weight excluding hydrogens is 250 g/mol. The standard InChI is InChI=1S/C13H13NO5/c14-7-11(16)13(19)9-3-1-8(2-4-9)10(15)5-6-12(17)18/h1-4,11,13,16,19H,5-6H2,(H,17,18). The summed E-state index contributed by atoms with van der Waals surface area (Å²) in [6, 6.07) is 7.19. The fraction of sp³-hybridized carbons (Fsp3) is 0.308. The lowest BCUT2D eigenvalue weighted by Crippen LogP contribution is -2.15. The Labute approximate surface area is 109 Å². The number of carboxylic acids is 1. The molecule has 0 aliphatic carbocycles. The van der Waals surface area contributed by atoms with Crippen LogP contribution in [-0.4, -0.2) is 33.2 Å². The number of carboxylic acid groups (broad SMARTS) is 1. The summed E-state index contributed by atoms with van der Waals surface area (Å²) in [5.41, 5.74) is 0.632. The van der Waals surface area contributed by atoms with Gasteiger partial charge in [0.15, 0.2) is 11.9 Å². The molecule has 2 unspecified atom stereocenters. The van der Waals surface area contributed by atoms with Crippen LogP contribution in [0.15, 0.2) is 24.3 Å². The molecule has 0 radical (unpaired) electrons. The first kappa shape index (κ1) is 14.8. The second kappa shape index (κ2) is 6.64. The van der Waals surface area contributed by atoms with Gasteiger partial charge in [-0.2, -0.15) is 5.26 Å². The van der Waals surface area contributed by atoms with Crippen LogP contribution in [0.25, 0.3) is 0 Å². The maximum atomic E-state index is 11.6. The summed E-state index contributed by atoms with van der Waals surface area (Å²) >= 11 is 0. The summed E-state index contributed by atoms with van der Waals surface area (Å²) in [7, 11) is 0. The van der Waals surface area contributed by atoms with Crippen LogP contribution in [0.1, 0.15) is 34.9 Å². The van der Waals surface area contributed by atoms with Crippen LogP contribution in [0.2, 0.25) is 0 Å². The Bertz CT molecular complexity index is 503. The smallest absolute Gasteiger partial charge is 0.303 e. The number of benzene rings is 1. The zero-order valence-corrected chi connectivity index (χ0v) is 9.98. The van der Waals surface area contributed by atoms with Crippen LogP contribution < -0.4 is 0 Å². The highest BCUT2D eigenvalue weighted by molar-refractivity contribution is 5.97. The van der Waals surface area contributed by atoms with E-state index in [1.54, 1.807) is 0 Å². The third-order valence-corrected chi connectivity index (χ3v) is 2.57. The molecule has 100 valence electrons. The molecule has 0 saturated carbocycles. The summed E-state index contributed by atoms with van der Waals surface area (Å²) in [5.74, 6) is -1.36. The number of carbonyl (C=O) groups is 2. The van der Waals surface area contributed by atoms with Gasteiger partial charge in [0.05, 0.1) is 12.5 Å². The van der Waals surface area contributed by atoms with Gasteiger partial charge in [0.25, 0.3) is 0 Å².